The van der Waals surface area contributed by atoms with E-state index in [0.717, 1.165) is 12.3 Å². The van der Waals surface area contributed by atoms with Crippen LogP contribution in [0, 0.1) is 11.3 Å². The quantitative estimate of drug-likeness (QED) is 0.664. The van der Waals surface area contributed by atoms with E-state index in [-0.39, 0.29) is 0 Å². The first kappa shape index (κ1) is 12.7. The minimum absolute atomic E-state index is 0.341. The Balaban J connectivity index is 2.01. The second kappa shape index (κ2) is 7.88. The Bertz CT molecular complexity index is 330. The Hall–Kier alpha value is -1.35. The number of methoxy groups -OCH3 is 1. The summed E-state index contributed by atoms with van der Waals surface area (Å²) in [6.45, 7) is 3.21. The van der Waals surface area contributed by atoms with Crippen molar-refractivity contribution in [2.45, 2.75) is 6.54 Å². The van der Waals surface area contributed by atoms with Gasteiger partial charge in [0, 0.05) is 13.7 Å². The van der Waals surface area contributed by atoms with E-state index in [1.54, 1.807) is 19.2 Å². The zero-order valence-corrected chi connectivity index (χ0v) is 9.36. The molecule has 0 radical (unpaired) electrons. The van der Waals surface area contributed by atoms with Crippen LogP contribution in [0.3, 0.4) is 0 Å². The van der Waals surface area contributed by atoms with Crippen molar-refractivity contribution >= 4 is 0 Å². The van der Waals surface area contributed by atoms with Crippen molar-refractivity contribution in [2.24, 2.45) is 0 Å². The summed E-state index contributed by atoms with van der Waals surface area (Å²) >= 11 is 0. The summed E-state index contributed by atoms with van der Waals surface area (Å²) in [7, 11) is 1.64. The minimum atomic E-state index is 0.341. The molecule has 1 heterocycles. The van der Waals surface area contributed by atoms with E-state index in [2.05, 4.69) is 5.32 Å². The summed E-state index contributed by atoms with van der Waals surface area (Å²) in [4.78, 5) is 0. The minimum Gasteiger partial charge on any atom is -0.449 e. The van der Waals surface area contributed by atoms with Crippen LogP contribution < -0.4 is 5.32 Å². The van der Waals surface area contributed by atoms with Crippen LogP contribution in [0.15, 0.2) is 16.5 Å². The maximum Gasteiger partial charge on any atom is 0.203 e. The van der Waals surface area contributed by atoms with Gasteiger partial charge in [-0.2, -0.15) is 5.26 Å². The largest absolute Gasteiger partial charge is 0.449 e. The molecule has 5 nitrogen and oxygen atoms in total. The molecule has 5 heteroatoms. The molecule has 0 aliphatic heterocycles. The molecule has 1 rings (SSSR count). The fraction of sp³-hybridized carbons (Fsp3) is 0.545. The molecule has 0 aliphatic carbocycles. The molecule has 0 amide bonds. The Morgan fingerprint density at radius 1 is 1.38 bits per heavy atom. The molecular formula is C11H16N2O3. The maximum atomic E-state index is 8.55. The van der Waals surface area contributed by atoms with Gasteiger partial charge < -0.3 is 19.2 Å². The molecule has 1 aromatic heterocycles. The summed E-state index contributed by atoms with van der Waals surface area (Å²) < 4.78 is 15.3. The summed E-state index contributed by atoms with van der Waals surface area (Å²) in [5.74, 6) is 1.10. The summed E-state index contributed by atoms with van der Waals surface area (Å²) in [5.41, 5.74) is 0. The first-order valence-electron chi connectivity index (χ1n) is 5.13. The van der Waals surface area contributed by atoms with E-state index in [1.807, 2.05) is 6.07 Å². The number of hydrogen-bond acceptors (Lipinski definition) is 5. The first-order chi connectivity index (χ1) is 7.86. The zero-order chi connectivity index (χ0) is 11.6. The van der Waals surface area contributed by atoms with Crippen molar-refractivity contribution in [3.05, 3.63) is 23.7 Å². The molecule has 0 bridgehead atoms. The number of hydrogen-bond donors (Lipinski definition) is 1. The third-order valence-electron chi connectivity index (χ3n) is 1.93. The molecule has 0 aromatic carbocycles. The van der Waals surface area contributed by atoms with Gasteiger partial charge in [-0.1, -0.05) is 0 Å². The highest BCUT2D eigenvalue weighted by Gasteiger charge is 1.99. The highest BCUT2D eigenvalue weighted by molar-refractivity contribution is 5.18. The molecule has 0 unspecified atom stereocenters. The van der Waals surface area contributed by atoms with Crippen LogP contribution in [0.4, 0.5) is 0 Å². The van der Waals surface area contributed by atoms with Crippen molar-refractivity contribution in [1.29, 1.82) is 5.26 Å². The summed E-state index contributed by atoms with van der Waals surface area (Å²) in [6.07, 6.45) is 0. The number of nitriles is 1. The van der Waals surface area contributed by atoms with Crippen LogP contribution in [0.25, 0.3) is 0 Å². The normalized spacial score (nSPS) is 10.2. The number of furan rings is 1. The predicted molar refractivity (Wildman–Crippen MR) is 57.8 cm³/mol. The van der Waals surface area contributed by atoms with E-state index in [9.17, 15) is 0 Å². The van der Waals surface area contributed by atoms with Crippen molar-refractivity contribution in [1.82, 2.24) is 5.32 Å². The third-order valence-corrected chi connectivity index (χ3v) is 1.93. The average molecular weight is 224 g/mol. The molecular weight excluding hydrogens is 208 g/mol. The van der Waals surface area contributed by atoms with Gasteiger partial charge in [-0.25, -0.2) is 0 Å². The lowest BCUT2D eigenvalue weighted by atomic mass is 10.4. The molecule has 1 N–H and O–H groups in total. The number of rotatable bonds is 8. The van der Waals surface area contributed by atoms with Gasteiger partial charge in [0.2, 0.25) is 5.76 Å². The van der Waals surface area contributed by atoms with Gasteiger partial charge in [-0.05, 0) is 12.1 Å². The lowest BCUT2D eigenvalue weighted by Crippen LogP contribution is -2.19. The predicted octanol–water partition coefficient (Wildman–Crippen LogP) is 0.904. The van der Waals surface area contributed by atoms with E-state index >= 15 is 0 Å². The Morgan fingerprint density at radius 3 is 2.94 bits per heavy atom. The van der Waals surface area contributed by atoms with E-state index < -0.39 is 0 Å². The van der Waals surface area contributed by atoms with E-state index in [1.165, 1.54) is 0 Å². The first-order valence-corrected chi connectivity index (χ1v) is 5.13. The highest BCUT2D eigenvalue weighted by Crippen LogP contribution is 2.05. The monoisotopic (exact) mass is 224 g/mol. The van der Waals surface area contributed by atoms with Gasteiger partial charge in [-0.15, -0.1) is 0 Å². The average Bonchev–Trinajstić information content (AvgIpc) is 2.76. The van der Waals surface area contributed by atoms with E-state index in [0.29, 0.717) is 32.1 Å². The second-order valence-corrected chi connectivity index (χ2v) is 3.16. The van der Waals surface area contributed by atoms with Crippen LogP contribution in [-0.4, -0.2) is 33.5 Å². The lowest BCUT2D eigenvalue weighted by molar-refractivity contribution is 0.0717. The lowest BCUT2D eigenvalue weighted by Gasteiger charge is -2.04. The zero-order valence-electron chi connectivity index (χ0n) is 9.36. The number of nitrogens with zero attached hydrogens (tertiary/aromatic N) is 1. The smallest absolute Gasteiger partial charge is 0.203 e. The fourth-order valence-electron chi connectivity index (χ4n) is 1.13. The fourth-order valence-corrected chi connectivity index (χ4v) is 1.13. The van der Waals surface area contributed by atoms with Gasteiger partial charge >= 0.3 is 0 Å². The molecule has 16 heavy (non-hydrogen) atoms. The molecule has 0 saturated heterocycles. The summed E-state index contributed by atoms with van der Waals surface area (Å²) in [6, 6.07) is 5.39. The topological polar surface area (TPSA) is 67.4 Å². The van der Waals surface area contributed by atoms with Crippen LogP contribution >= 0.6 is 0 Å². The number of ether oxygens (including phenoxy) is 2. The van der Waals surface area contributed by atoms with Gasteiger partial charge in [-0.3, -0.25) is 0 Å². The Labute approximate surface area is 94.9 Å². The third kappa shape index (κ3) is 4.94. The van der Waals surface area contributed by atoms with Gasteiger partial charge in [0.15, 0.2) is 0 Å². The molecule has 0 atom stereocenters. The SMILES string of the molecule is COCCOCCNCc1ccc(C#N)o1. The maximum absolute atomic E-state index is 8.55. The molecule has 0 spiro atoms. The van der Waals surface area contributed by atoms with Crippen molar-refractivity contribution in [2.75, 3.05) is 33.5 Å². The molecule has 88 valence electrons. The van der Waals surface area contributed by atoms with Crippen molar-refractivity contribution in [3.63, 3.8) is 0 Å². The second-order valence-electron chi connectivity index (χ2n) is 3.16. The van der Waals surface area contributed by atoms with E-state index in [4.69, 9.17) is 19.2 Å². The van der Waals surface area contributed by atoms with Gasteiger partial charge in [0.1, 0.15) is 11.8 Å². The van der Waals surface area contributed by atoms with Crippen LogP contribution in [0.1, 0.15) is 11.5 Å². The molecule has 0 fully saturated rings. The highest BCUT2D eigenvalue weighted by atomic mass is 16.5. The molecule has 1 aromatic rings. The Kier molecular flexibility index (Phi) is 6.26. The van der Waals surface area contributed by atoms with Gasteiger partial charge in [0.25, 0.3) is 0 Å². The molecule has 0 saturated carbocycles. The van der Waals surface area contributed by atoms with Crippen LogP contribution in [0.5, 0.6) is 0 Å². The summed E-state index contributed by atoms with van der Waals surface area (Å²) in [5, 5.41) is 11.7. The van der Waals surface area contributed by atoms with Crippen LogP contribution in [-0.2, 0) is 16.0 Å². The standard InChI is InChI=1S/C11H16N2O3/c1-14-6-7-15-5-4-13-9-11-3-2-10(8-12)16-11/h2-3,13H,4-7,9H2,1H3. The van der Waals surface area contributed by atoms with Crippen molar-refractivity contribution in [3.8, 4) is 6.07 Å². The Morgan fingerprint density at radius 2 is 2.25 bits per heavy atom. The van der Waals surface area contributed by atoms with Crippen LogP contribution in [0.2, 0.25) is 0 Å². The molecule has 0 aliphatic rings. The van der Waals surface area contributed by atoms with Gasteiger partial charge in [0.05, 0.1) is 26.4 Å². The van der Waals surface area contributed by atoms with Crippen molar-refractivity contribution < 1.29 is 13.9 Å². The number of nitrogens with one attached hydrogen (secondary N) is 1.